The number of benzene rings is 2. The highest BCUT2D eigenvalue weighted by Crippen LogP contribution is 2.35. The van der Waals surface area contributed by atoms with Gasteiger partial charge in [0.2, 0.25) is 0 Å². The molecular weight excluding hydrogens is 490 g/mol. The molecule has 1 fully saturated rings. The van der Waals surface area contributed by atoms with Gasteiger partial charge in [-0.25, -0.2) is 4.98 Å². The molecular formula is C20H18Cl2F3N3O3S. The van der Waals surface area contributed by atoms with Crippen molar-refractivity contribution in [3.05, 3.63) is 52.0 Å². The highest BCUT2D eigenvalue weighted by molar-refractivity contribution is 7.22. The monoisotopic (exact) mass is 507 g/mol. The molecule has 2 heterocycles. The van der Waals surface area contributed by atoms with E-state index in [1.807, 2.05) is 0 Å². The van der Waals surface area contributed by atoms with Crippen molar-refractivity contribution in [2.75, 3.05) is 31.6 Å². The number of rotatable bonds is 4. The molecule has 12 heteroatoms. The highest BCUT2D eigenvalue weighted by atomic mass is 35.5. The van der Waals surface area contributed by atoms with E-state index in [4.69, 9.17) is 16.3 Å². The minimum absolute atomic E-state index is 0. The molecule has 1 aliphatic rings. The normalized spacial score (nSPS) is 14.9. The van der Waals surface area contributed by atoms with Crippen molar-refractivity contribution in [1.82, 2.24) is 9.88 Å². The molecule has 172 valence electrons. The zero-order chi connectivity index (χ0) is 22.2. The van der Waals surface area contributed by atoms with E-state index >= 15 is 0 Å². The first-order valence-electron chi connectivity index (χ1n) is 9.31. The maximum atomic E-state index is 12.9. The van der Waals surface area contributed by atoms with Crippen LogP contribution in [-0.4, -0.2) is 47.2 Å². The number of fused-ring (bicyclic) bond motifs is 1. The van der Waals surface area contributed by atoms with Gasteiger partial charge in [0.05, 0.1) is 34.6 Å². The Morgan fingerprint density at radius 1 is 1.25 bits per heavy atom. The molecule has 1 saturated heterocycles. The van der Waals surface area contributed by atoms with Gasteiger partial charge in [-0.15, -0.1) is 12.4 Å². The van der Waals surface area contributed by atoms with Gasteiger partial charge in [0.25, 0.3) is 5.91 Å². The molecule has 6 nitrogen and oxygen atoms in total. The van der Waals surface area contributed by atoms with Crippen molar-refractivity contribution in [2.45, 2.75) is 12.7 Å². The minimum atomic E-state index is -4.47. The van der Waals surface area contributed by atoms with Crippen LogP contribution in [0.4, 0.5) is 18.3 Å². The van der Waals surface area contributed by atoms with Crippen LogP contribution in [0.5, 0.6) is 5.75 Å². The largest absolute Gasteiger partial charge is 0.507 e. The standard InChI is InChI=1S/C20H17ClF3N3O3S.ClH/c21-13-7-11(10-27-3-5-30-6-4-27)17(28)14(9-13)18(29)26-19-25-15-2-1-12(20(22,23)24)8-16(15)31-19;/h1-2,7-9,28H,3-6,10H2,(H,25,26,29);1H. The molecule has 1 aromatic heterocycles. The number of ether oxygens (including phenoxy) is 1. The van der Waals surface area contributed by atoms with Gasteiger partial charge in [-0.1, -0.05) is 22.9 Å². The first-order chi connectivity index (χ1) is 14.7. The first kappa shape index (κ1) is 24.5. The number of anilines is 1. The molecule has 4 rings (SSSR count). The molecule has 3 aromatic rings. The predicted octanol–water partition coefficient (Wildman–Crippen LogP) is 5.18. The topological polar surface area (TPSA) is 74.7 Å². The molecule has 1 aliphatic heterocycles. The number of morpholine rings is 1. The summed E-state index contributed by atoms with van der Waals surface area (Å²) in [6.45, 7) is 2.96. The third-order valence-electron chi connectivity index (χ3n) is 4.83. The van der Waals surface area contributed by atoms with Crippen molar-refractivity contribution in [3.63, 3.8) is 0 Å². The Morgan fingerprint density at radius 2 is 1.97 bits per heavy atom. The van der Waals surface area contributed by atoms with Gasteiger partial charge in [0.15, 0.2) is 5.13 Å². The van der Waals surface area contributed by atoms with Crippen molar-refractivity contribution in [2.24, 2.45) is 0 Å². The number of aromatic nitrogens is 1. The van der Waals surface area contributed by atoms with E-state index in [0.29, 0.717) is 43.9 Å². The summed E-state index contributed by atoms with van der Waals surface area (Å²) in [5.74, 6) is -0.854. The lowest BCUT2D eigenvalue weighted by Gasteiger charge is -2.27. The third-order valence-corrected chi connectivity index (χ3v) is 5.98. The van der Waals surface area contributed by atoms with E-state index in [1.165, 1.54) is 12.1 Å². The van der Waals surface area contributed by atoms with Crippen LogP contribution in [0.25, 0.3) is 10.2 Å². The molecule has 0 radical (unpaired) electrons. The van der Waals surface area contributed by atoms with Gasteiger partial charge in [-0.3, -0.25) is 15.0 Å². The number of alkyl halides is 3. The second kappa shape index (κ2) is 9.80. The van der Waals surface area contributed by atoms with Crippen LogP contribution in [-0.2, 0) is 17.5 Å². The Hall–Kier alpha value is -2.11. The molecule has 0 saturated carbocycles. The quantitative estimate of drug-likeness (QED) is 0.508. The molecule has 0 spiro atoms. The van der Waals surface area contributed by atoms with Gasteiger partial charge < -0.3 is 9.84 Å². The van der Waals surface area contributed by atoms with Crippen LogP contribution in [0.2, 0.25) is 5.02 Å². The molecule has 1 amide bonds. The summed E-state index contributed by atoms with van der Waals surface area (Å²) in [6, 6.07) is 6.11. The number of carbonyl (C=O) groups is 1. The van der Waals surface area contributed by atoms with Gasteiger partial charge in [-0.2, -0.15) is 13.2 Å². The molecule has 32 heavy (non-hydrogen) atoms. The van der Waals surface area contributed by atoms with Crippen LogP contribution in [0.15, 0.2) is 30.3 Å². The third kappa shape index (κ3) is 5.44. The maximum absolute atomic E-state index is 12.9. The van der Waals surface area contributed by atoms with E-state index in [0.717, 1.165) is 23.5 Å². The van der Waals surface area contributed by atoms with Crippen LogP contribution in [0.1, 0.15) is 21.5 Å². The zero-order valence-corrected chi connectivity index (χ0v) is 18.8. The second-order valence-electron chi connectivity index (χ2n) is 7.00. The number of phenolic OH excluding ortho intramolecular Hbond substituents is 1. The second-order valence-corrected chi connectivity index (χ2v) is 8.47. The maximum Gasteiger partial charge on any atom is 0.416 e. The number of thiazole rings is 1. The molecule has 0 aliphatic carbocycles. The Bertz CT molecular complexity index is 1130. The Balaban J connectivity index is 0.00000289. The van der Waals surface area contributed by atoms with Crippen molar-refractivity contribution in [3.8, 4) is 5.75 Å². The molecule has 0 bridgehead atoms. The lowest BCUT2D eigenvalue weighted by molar-refractivity contribution is -0.137. The van der Waals surface area contributed by atoms with Gasteiger partial charge in [0.1, 0.15) is 5.75 Å². The SMILES string of the molecule is Cl.O=C(Nc1nc2ccc(C(F)(F)F)cc2s1)c1cc(Cl)cc(CN2CCOCC2)c1O. The summed E-state index contributed by atoms with van der Waals surface area (Å²) in [5, 5.41) is 13.6. The van der Waals surface area contributed by atoms with E-state index < -0.39 is 17.6 Å². The van der Waals surface area contributed by atoms with Crippen LogP contribution >= 0.6 is 35.3 Å². The molecule has 0 atom stereocenters. The van der Waals surface area contributed by atoms with Crippen LogP contribution in [0.3, 0.4) is 0 Å². The smallest absolute Gasteiger partial charge is 0.416 e. The van der Waals surface area contributed by atoms with Crippen LogP contribution in [0, 0.1) is 0 Å². The summed E-state index contributed by atoms with van der Waals surface area (Å²) in [5.41, 5.74) is 0.00283. The van der Waals surface area contributed by atoms with Crippen molar-refractivity contribution in [1.29, 1.82) is 0 Å². The molecule has 2 N–H and O–H groups in total. The number of amides is 1. The Labute approximate surface area is 196 Å². The fraction of sp³-hybridized carbons (Fsp3) is 0.300. The summed E-state index contributed by atoms with van der Waals surface area (Å²) < 4.78 is 44.3. The summed E-state index contributed by atoms with van der Waals surface area (Å²) in [7, 11) is 0. The predicted molar refractivity (Wildman–Crippen MR) is 119 cm³/mol. The lowest BCUT2D eigenvalue weighted by Crippen LogP contribution is -2.35. The number of carbonyl (C=O) groups excluding carboxylic acids is 1. The zero-order valence-electron chi connectivity index (χ0n) is 16.4. The average molecular weight is 508 g/mol. The molecule has 0 unspecified atom stereocenters. The van der Waals surface area contributed by atoms with E-state index in [1.54, 1.807) is 6.07 Å². The molecule has 2 aromatic carbocycles. The van der Waals surface area contributed by atoms with E-state index in [-0.39, 0.29) is 38.6 Å². The first-order valence-corrected chi connectivity index (χ1v) is 10.5. The summed E-state index contributed by atoms with van der Waals surface area (Å²) >= 11 is 7.07. The average Bonchev–Trinajstić information content (AvgIpc) is 3.12. The summed E-state index contributed by atoms with van der Waals surface area (Å²) in [4.78, 5) is 19.0. The number of hydrogen-bond acceptors (Lipinski definition) is 6. The number of hydrogen-bond donors (Lipinski definition) is 2. The number of phenols is 1. The minimum Gasteiger partial charge on any atom is -0.507 e. The Kier molecular flexibility index (Phi) is 7.51. The van der Waals surface area contributed by atoms with Gasteiger partial charge in [0, 0.05) is 30.2 Å². The van der Waals surface area contributed by atoms with Gasteiger partial charge in [-0.05, 0) is 30.3 Å². The lowest BCUT2D eigenvalue weighted by atomic mass is 10.1. The van der Waals surface area contributed by atoms with Crippen molar-refractivity contribution >= 4 is 56.6 Å². The fourth-order valence-corrected chi connectivity index (χ4v) is 4.41. The number of nitrogens with one attached hydrogen (secondary N) is 1. The summed E-state index contributed by atoms with van der Waals surface area (Å²) in [6.07, 6.45) is -4.47. The number of halogens is 5. The number of aromatic hydroxyl groups is 1. The Morgan fingerprint density at radius 3 is 2.66 bits per heavy atom. The van der Waals surface area contributed by atoms with E-state index in [9.17, 15) is 23.1 Å². The van der Waals surface area contributed by atoms with E-state index in [2.05, 4.69) is 15.2 Å². The van der Waals surface area contributed by atoms with Crippen LogP contribution < -0.4 is 5.32 Å². The van der Waals surface area contributed by atoms with Crippen molar-refractivity contribution < 1.29 is 27.8 Å². The fourth-order valence-electron chi connectivity index (χ4n) is 3.27. The number of nitrogens with zero attached hydrogens (tertiary/aromatic N) is 2. The highest BCUT2D eigenvalue weighted by Gasteiger charge is 2.31. The van der Waals surface area contributed by atoms with Gasteiger partial charge >= 0.3 is 6.18 Å².